The third-order valence-electron chi connectivity index (χ3n) is 2.42. The minimum atomic E-state index is 0.922. The van der Waals surface area contributed by atoms with Crippen molar-refractivity contribution in [3.8, 4) is 11.4 Å². The number of rotatable bonds is 3. The van der Waals surface area contributed by atoms with Crippen LogP contribution in [0.1, 0.15) is 12.5 Å². The summed E-state index contributed by atoms with van der Waals surface area (Å²) < 4.78 is 7.16. The Morgan fingerprint density at radius 2 is 2.27 bits per heavy atom. The first-order valence-corrected chi connectivity index (χ1v) is 5.02. The zero-order valence-electron chi connectivity index (χ0n) is 8.97. The van der Waals surface area contributed by atoms with Gasteiger partial charge < -0.3 is 4.74 Å². The zero-order chi connectivity index (χ0) is 10.7. The lowest BCUT2D eigenvalue weighted by atomic mass is 10.1. The topological polar surface area (TPSA) is 27.1 Å². The molecule has 0 aliphatic heterocycles. The van der Waals surface area contributed by atoms with Crippen molar-refractivity contribution in [2.75, 3.05) is 7.11 Å². The Labute approximate surface area is 89.3 Å². The maximum atomic E-state index is 5.33. The summed E-state index contributed by atoms with van der Waals surface area (Å²) in [7, 11) is 1.70. The molecular weight excluding hydrogens is 188 g/mol. The Morgan fingerprint density at radius 1 is 1.40 bits per heavy atom. The van der Waals surface area contributed by atoms with Gasteiger partial charge >= 0.3 is 0 Å². The average Bonchev–Trinajstić information content (AvgIpc) is 2.81. The van der Waals surface area contributed by atoms with E-state index in [0.717, 1.165) is 17.9 Å². The molecule has 3 heteroatoms. The monoisotopic (exact) mass is 202 g/mol. The Morgan fingerprint density at radius 3 is 2.87 bits per heavy atom. The molecule has 3 nitrogen and oxygen atoms in total. The molecule has 1 heterocycles. The summed E-state index contributed by atoms with van der Waals surface area (Å²) in [5.41, 5.74) is 2.24. The summed E-state index contributed by atoms with van der Waals surface area (Å²) in [6, 6.07) is 8.04. The van der Waals surface area contributed by atoms with Gasteiger partial charge in [-0.1, -0.05) is 13.0 Å². The van der Waals surface area contributed by atoms with Crippen molar-refractivity contribution in [2.24, 2.45) is 0 Å². The molecule has 1 aromatic carbocycles. The minimum absolute atomic E-state index is 0.922. The molecule has 2 aromatic rings. The lowest BCUT2D eigenvalue weighted by molar-refractivity contribution is 0.410. The number of nitrogens with zero attached hydrogens (tertiary/aromatic N) is 2. The van der Waals surface area contributed by atoms with Gasteiger partial charge in [-0.05, 0) is 24.1 Å². The van der Waals surface area contributed by atoms with Crippen molar-refractivity contribution < 1.29 is 4.74 Å². The fourth-order valence-electron chi connectivity index (χ4n) is 1.59. The Hall–Kier alpha value is -1.77. The van der Waals surface area contributed by atoms with Crippen LogP contribution in [0.3, 0.4) is 0 Å². The molecule has 1 aromatic heterocycles. The third kappa shape index (κ3) is 1.86. The first-order valence-electron chi connectivity index (χ1n) is 5.02. The average molecular weight is 202 g/mol. The predicted octanol–water partition coefficient (Wildman–Crippen LogP) is 2.44. The molecule has 0 bridgehead atoms. The molecule has 0 aliphatic carbocycles. The van der Waals surface area contributed by atoms with E-state index in [0.29, 0.717) is 0 Å². The molecule has 0 saturated heterocycles. The normalized spacial score (nSPS) is 10.3. The fourth-order valence-corrected chi connectivity index (χ4v) is 1.59. The van der Waals surface area contributed by atoms with Crippen LogP contribution >= 0.6 is 0 Å². The molecular formula is C12H14N2O. The molecule has 0 unspecified atom stereocenters. The quantitative estimate of drug-likeness (QED) is 0.764. The highest BCUT2D eigenvalue weighted by Crippen LogP contribution is 2.22. The molecule has 0 saturated carbocycles. The van der Waals surface area contributed by atoms with E-state index in [1.165, 1.54) is 5.56 Å². The maximum absolute atomic E-state index is 5.33. The second-order valence-electron chi connectivity index (χ2n) is 3.30. The van der Waals surface area contributed by atoms with Crippen molar-refractivity contribution in [1.29, 1.82) is 0 Å². The number of hydrogen-bond acceptors (Lipinski definition) is 2. The van der Waals surface area contributed by atoms with E-state index in [9.17, 15) is 0 Å². The molecule has 2 rings (SSSR count). The van der Waals surface area contributed by atoms with Crippen LogP contribution in [0, 0.1) is 0 Å². The van der Waals surface area contributed by atoms with Crippen molar-refractivity contribution in [1.82, 2.24) is 9.78 Å². The van der Waals surface area contributed by atoms with Crippen LogP contribution in [0.2, 0.25) is 0 Å². The summed E-state index contributed by atoms with van der Waals surface area (Å²) in [5, 5.41) is 4.18. The first kappa shape index (κ1) is 9.77. The Bertz CT molecular complexity index is 435. The highest BCUT2D eigenvalue weighted by molar-refractivity contribution is 5.44. The highest BCUT2D eigenvalue weighted by atomic mass is 16.5. The molecule has 15 heavy (non-hydrogen) atoms. The standard InChI is InChI=1S/C12H14N2O/c1-3-10-5-6-11(9-12(10)15-2)14-8-4-7-13-14/h4-9H,3H2,1-2H3. The first-order chi connectivity index (χ1) is 7.35. The summed E-state index contributed by atoms with van der Waals surface area (Å²) in [6.07, 6.45) is 4.66. The van der Waals surface area contributed by atoms with Crippen molar-refractivity contribution in [3.05, 3.63) is 42.2 Å². The second-order valence-corrected chi connectivity index (χ2v) is 3.30. The van der Waals surface area contributed by atoms with Gasteiger partial charge in [0.25, 0.3) is 0 Å². The van der Waals surface area contributed by atoms with Crippen molar-refractivity contribution in [2.45, 2.75) is 13.3 Å². The van der Waals surface area contributed by atoms with Gasteiger partial charge in [-0.3, -0.25) is 0 Å². The SMILES string of the molecule is CCc1ccc(-n2cccn2)cc1OC. The minimum Gasteiger partial charge on any atom is -0.496 e. The van der Waals surface area contributed by atoms with Crippen LogP contribution in [0.15, 0.2) is 36.7 Å². The van der Waals surface area contributed by atoms with Crippen LogP contribution in [-0.2, 0) is 6.42 Å². The molecule has 0 N–H and O–H groups in total. The van der Waals surface area contributed by atoms with E-state index in [-0.39, 0.29) is 0 Å². The van der Waals surface area contributed by atoms with Gasteiger partial charge in [0, 0.05) is 18.5 Å². The van der Waals surface area contributed by atoms with E-state index >= 15 is 0 Å². The summed E-state index contributed by atoms with van der Waals surface area (Å²) >= 11 is 0. The largest absolute Gasteiger partial charge is 0.496 e. The lowest BCUT2D eigenvalue weighted by Gasteiger charge is -2.09. The predicted molar refractivity (Wildman–Crippen MR) is 59.5 cm³/mol. The highest BCUT2D eigenvalue weighted by Gasteiger charge is 2.03. The van der Waals surface area contributed by atoms with Gasteiger partial charge in [0.15, 0.2) is 0 Å². The van der Waals surface area contributed by atoms with Crippen LogP contribution in [0.25, 0.3) is 5.69 Å². The molecule has 0 radical (unpaired) electrons. The summed E-state index contributed by atoms with van der Waals surface area (Å²) in [5.74, 6) is 0.922. The smallest absolute Gasteiger partial charge is 0.124 e. The lowest BCUT2D eigenvalue weighted by Crippen LogP contribution is -1.97. The Kier molecular flexibility index (Phi) is 2.72. The van der Waals surface area contributed by atoms with Crippen LogP contribution in [0.4, 0.5) is 0 Å². The van der Waals surface area contributed by atoms with E-state index in [1.54, 1.807) is 13.3 Å². The van der Waals surface area contributed by atoms with Gasteiger partial charge in [-0.15, -0.1) is 0 Å². The second kappa shape index (κ2) is 4.17. The number of benzene rings is 1. The number of ether oxygens (including phenoxy) is 1. The third-order valence-corrected chi connectivity index (χ3v) is 2.42. The van der Waals surface area contributed by atoms with Gasteiger partial charge in [-0.2, -0.15) is 5.10 Å². The van der Waals surface area contributed by atoms with E-state index in [4.69, 9.17) is 4.74 Å². The molecule has 78 valence electrons. The summed E-state index contributed by atoms with van der Waals surface area (Å²) in [6.45, 7) is 2.12. The van der Waals surface area contributed by atoms with E-state index in [1.807, 2.05) is 29.1 Å². The maximum Gasteiger partial charge on any atom is 0.124 e. The molecule has 0 spiro atoms. The molecule has 0 aliphatic rings. The molecule has 0 amide bonds. The van der Waals surface area contributed by atoms with Crippen molar-refractivity contribution >= 4 is 0 Å². The zero-order valence-corrected chi connectivity index (χ0v) is 8.97. The van der Waals surface area contributed by atoms with E-state index < -0.39 is 0 Å². The van der Waals surface area contributed by atoms with E-state index in [2.05, 4.69) is 18.1 Å². The van der Waals surface area contributed by atoms with Crippen LogP contribution in [-0.4, -0.2) is 16.9 Å². The van der Waals surface area contributed by atoms with Crippen LogP contribution in [0.5, 0.6) is 5.75 Å². The number of hydrogen-bond donors (Lipinski definition) is 0. The summed E-state index contributed by atoms with van der Waals surface area (Å²) in [4.78, 5) is 0. The van der Waals surface area contributed by atoms with Crippen LogP contribution < -0.4 is 4.74 Å². The fraction of sp³-hybridized carbons (Fsp3) is 0.250. The number of aryl methyl sites for hydroxylation is 1. The number of methoxy groups -OCH3 is 1. The van der Waals surface area contributed by atoms with Gasteiger partial charge in [0.05, 0.1) is 12.8 Å². The number of aromatic nitrogens is 2. The van der Waals surface area contributed by atoms with Gasteiger partial charge in [-0.25, -0.2) is 4.68 Å². The van der Waals surface area contributed by atoms with Gasteiger partial charge in [0.2, 0.25) is 0 Å². The van der Waals surface area contributed by atoms with Gasteiger partial charge in [0.1, 0.15) is 5.75 Å². The molecule has 0 fully saturated rings. The van der Waals surface area contributed by atoms with Crippen molar-refractivity contribution in [3.63, 3.8) is 0 Å². The Balaban J connectivity index is 2.43. The molecule has 0 atom stereocenters.